The highest BCUT2D eigenvalue weighted by molar-refractivity contribution is 6.31. The molecule has 0 aromatic heterocycles. The Bertz CT molecular complexity index is 946. The lowest BCUT2D eigenvalue weighted by atomic mass is 9.93. The van der Waals surface area contributed by atoms with Gasteiger partial charge in [-0.05, 0) is 54.2 Å². The van der Waals surface area contributed by atoms with Crippen molar-refractivity contribution in [3.8, 4) is 11.8 Å². The Labute approximate surface area is 196 Å². The van der Waals surface area contributed by atoms with E-state index >= 15 is 0 Å². The van der Waals surface area contributed by atoms with Gasteiger partial charge in [0.25, 0.3) is 0 Å². The van der Waals surface area contributed by atoms with Gasteiger partial charge >= 0.3 is 0 Å². The van der Waals surface area contributed by atoms with Crippen molar-refractivity contribution in [2.24, 2.45) is 0 Å². The molecule has 1 aliphatic heterocycles. The number of halogens is 1. The normalized spacial score (nSPS) is 22.6. The van der Waals surface area contributed by atoms with Crippen molar-refractivity contribution in [1.82, 2.24) is 0 Å². The lowest BCUT2D eigenvalue weighted by molar-refractivity contribution is -0.113. The Morgan fingerprint density at radius 3 is 2.53 bits per heavy atom. The molecule has 2 aromatic carbocycles. The van der Waals surface area contributed by atoms with E-state index in [1.165, 1.54) is 0 Å². The van der Waals surface area contributed by atoms with Crippen molar-refractivity contribution in [3.63, 3.8) is 0 Å². The standard InChI is InChI=1S/C27H33ClO4/c1-3-12-27(31,4-2)13-11-19-5-7-20(8-6-19)14-22-15-21(9-10-25(22)28)26-17-23(30)16-24(18-29)32-26/h5-10,15,23-24,26,29-31H,3-4,12,14,16-18H2,1-2H3. The van der Waals surface area contributed by atoms with E-state index in [-0.39, 0.29) is 18.8 Å². The van der Waals surface area contributed by atoms with E-state index in [2.05, 4.69) is 11.8 Å². The van der Waals surface area contributed by atoms with Crippen LogP contribution in [0.2, 0.25) is 5.02 Å². The van der Waals surface area contributed by atoms with Gasteiger partial charge in [0, 0.05) is 23.4 Å². The summed E-state index contributed by atoms with van der Waals surface area (Å²) in [6.07, 6.45) is 2.71. The third-order valence-corrected chi connectivity index (χ3v) is 6.43. The van der Waals surface area contributed by atoms with Gasteiger partial charge < -0.3 is 20.1 Å². The first-order valence-corrected chi connectivity index (χ1v) is 11.8. The molecule has 2 aromatic rings. The zero-order chi connectivity index (χ0) is 23.1. The molecule has 3 rings (SSSR count). The van der Waals surface area contributed by atoms with Crippen LogP contribution in [-0.4, -0.2) is 39.7 Å². The van der Waals surface area contributed by atoms with Crippen LogP contribution in [0.3, 0.4) is 0 Å². The largest absolute Gasteiger partial charge is 0.394 e. The Kier molecular flexibility index (Phi) is 8.76. The van der Waals surface area contributed by atoms with Crippen molar-refractivity contribution in [2.45, 2.75) is 76.3 Å². The van der Waals surface area contributed by atoms with Gasteiger partial charge in [0.15, 0.2) is 0 Å². The smallest absolute Gasteiger partial charge is 0.125 e. The molecule has 32 heavy (non-hydrogen) atoms. The lowest BCUT2D eigenvalue weighted by Gasteiger charge is -2.32. The molecule has 1 fully saturated rings. The van der Waals surface area contributed by atoms with Crippen molar-refractivity contribution >= 4 is 11.6 Å². The van der Waals surface area contributed by atoms with Crippen LogP contribution in [0, 0.1) is 11.8 Å². The predicted octanol–water partition coefficient (Wildman–Crippen LogP) is 4.80. The van der Waals surface area contributed by atoms with Gasteiger partial charge in [0.2, 0.25) is 0 Å². The van der Waals surface area contributed by atoms with Gasteiger partial charge in [-0.1, -0.05) is 68.0 Å². The van der Waals surface area contributed by atoms with E-state index in [1.54, 1.807) is 0 Å². The summed E-state index contributed by atoms with van der Waals surface area (Å²) in [5, 5.41) is 30.8. The fourth-order valence-corrected chi connectivity index (χ4v) is 4.29. The minimum absolute atomic E-state index is 0.0999. The predicted molar refractivity (Wildman–Crippen MR) is 128 cm³/mol. The summed E-state index contributed by atoms with van der Waals surface area (Å²) in [7, 11) is 0. The SMILES string of the molecule is CCCC(O)(C#Cc1ccc(Cc2cc(C3CC(O)CC(CO)O3)ccc2Cl)cc1)CC. The first-order valence-electron chi connectivity index (χ1n) is 11.4. The average Bonchev–Trinajstić information content (AvgIpc) is 2.80. The molecule has 172 valence electrons. The number of benzene rings is 2. The molecule has 4 unspecified atom stereocenters. The van der Waals surface area contributed by atoms with Gasteiger partial charge in [-0.25, -0.2) is 0 Å². The maximum atomic E-state index is 10.5. The van der Waals surface area contributed by atoms with E-state index in [9.17, 15) is 15.3 Å². The summed E-state index contributed by atoms with van der Waals surface area (Å²) in [5.41, 5.74) is 2.99. The van der Waals surface area contributed by atoms with E-state index in [4.69, 9.17) is 16.3 Å². The maximum Gasteiger partial charge on any atom is 0.125 e. The zero-order valence-corrected chi connectivity index (χ0v) is 19.6. The van der Waals surface area contributed by atoms with Crippen LogP contribution in [0.1, 0.15) is 74.3 Å². The second-order valence-corrected chi connectivity index (χ2v) is 9.07. The molecule has 1 saturated heterocycles. The number of aliphatic hydroxyl groups excluding tert-OH is 2. The quantitative estimate of drug-likeness (QED) is 0.523. The first kappa shape index (κ1) is 24.8. The maximum absolute atomic E-state index is 10.5. The Morgan fingerprint density at radius 2 is 1.88 bits per heavy atom. The van der Waals surface area contributed by atoms with Crippen LogP contribution in [0.15, 0.2) is 42.5 Å². The molecule has 0 saturated carbocycles. The second kappa shape index (κ2) is 11.3. The lowest BCUT2D eigenvalue weighted by Crippen LogP contribution is -2.33. The molecule has 1 heterocycles. The van der Waals surface area contributed by atoms with Gasteiger partial charge in [-0.3, -0.25) is 0 Å². The molecular formula is C27H33ClO4. The molecule has 0 spiro atoms. The molecule has 3 N–H and O–H groups in total. The summed E-state index contributed by atoms with van der Waals surface area (Å²) < 4.78 is 5.94. The highest BCUT2D eigenvalue weighted by Crippen LogP contribution is 2.33. The minimum atomic E-state index is -0.925. The molecule has 1 aliphatic rings. The van der Waals surface area contributed by atoms with Gasteiger partial charge in [0.05, 0.1) is 24.9 Å². The number of ether oxygens (including phenoxy) is 1. The summed E-state index contributed by atoms with van der Waals surface area (Å²) >= 11 is 6.47. The molecule has 0 amide bonds. The fraction of sp³-hybridized carbons (Fsp3) is 0.481. The van der Waals surface area contributed by atoms with Crippen molar-refractivity contribution in [2.75, 3.05) is 6.61 Å². The van der Waals surface area contributed by atoms with Crippen molar-refractivity contribution in [1.29, 1.82) is 0 Å². The Morgan fingerprint density at radius 1 is 1.12 bits per heavy atom. The van der Waals surface area contributed by atoms with Gasteiger partial charge in [-0.15, -0.1) is 0 Å². The average molecular weight is 457 g/mol. The first-order chi connectivity index (χ1) is 15.4. The van der Waals surface area contributed by atoms with E-state index < -0.39 is 11.7 Å². The van der Waals surface area contributed by atoms with Gasteiger partial charge in [0.1, 0.15) is 5.60 Å². The highest BCUT2D eigenvalue weighted by Gasteiger charge is 2.29. The van der Waals surface area contributed by atoms with E-state index in [0.29, 0.717) is 37.1 Å². The van der Waals surface area contributed by atoms with Crippen molar-refractivity contribution in [3.05, 3.63) is 69.7 Å². The Balaban J connectivity index is 1.73. The third kappa shape index (κ3) is 6.57. The third-order valence-electron chi connectivity index (χ3n) is 6.06. The van der Waals surface area contributed by atoms with Crippen LogP contribution in [-0.2, 0) is 11.2 Å². The van der Waals surface area contributed by atoms with Crippen LogP contribution in [0.25, 0.3) is 0 Å². The van der Waals surface area contributed by atoms with E-state index in [1.807, 2.05) is 56.3 Å². The topological polar surface area (TPSA) is 69.9 Å². The minimum Gasteiger partial charge on any atom is -0.394 e. The monoisotopic (exact) mass is 456 g/mol. The second-order valence-electron chi connectivity index (χ2n) is 8.66. The van der Waals surface area contributed by atoms with Gasteiger partial charge in [-0.2, -0.15) is 0 Å². The van der Waals surface area contributed by atoms with Crippen molar-refractivity contribution < 1.29 is 20.1 Å². The molecule has 0 radical (unpaired) electrons. The summed E-state index contributed by atoms with van der Waals surface area (Å²) in [5.74, 6) is 6.13. The van der Waals surface area contributed by atoms with Crippen LogP contribution >= 0.6 is 11.6 Å². The summed E-state index contributed by atoms with van der Waals surface area (Å²) in [6.45, 7) is 3.90. The number of aliphatic hydroxyl groups is 3. The Hall–Kier alpha value is -1.87. The molecule has 0 bridgehead atoms. The molecule has 4 nitrogen and oxygen atoms in total. The van der Waals surface area contributed by atoms with Crippen LogP contribution in [0.5, 0.6) is 0 Å². The molecule has 5 heteroatoms. The fourth-order valence-electron chi connectivity index (χ4n) is 4.11. The zero-order valence-electron chi connectivity index (χ0n) is 18.9. The molecular weight excluding hydrogens is 424 g/mol. The molecule has 0 aliphatic carbocycles. The summed E-state index contributed by atoms with van der Waals surface area (Å²) in [4.78, 5) is 0. The number of hydrogen-bond donors (Lipinski definition) is 3. The highest BCUT2D eigenvalue weighted by atomic mass is 35.5. The van der Waals surface area contributed by atoms with Crippen LogP contribution < -0.4 is 0 Å². The number of hydrogen-bond acceptors (Lipinski definition) is 4. The van der Waals surface area contributed by atoms with E-state index in [0.717, 1.165) is 28.7 Å². The summed E-state index contributed by atoms with van der Waals surface area (Å²) in [6, 6.07) is 13.8. The van der Waals surface area contributed by atoms with Crippen LogP contribution in [0.4, 0.5) is 0 Å². The number of rotatable bonds is 7. The molecule has 4 atom stereocenters.